The Morgan fingerprint density at radius 1 is 1.04 bits per heavy atom. The van der Waals surface area contributed by atoms with Crippen LogP contribution >= 0.6 is 34.8 Å². The highest BCUT2D eigenvalue weighted by molar-refractivity contribution is 14.1. The van der Waals surface area contributed by atoms with Gasteiger partial charge in [0.2, 0.25) is 0 Å². The van der Waals surface area contributed by atoms with E-state index in [1.165, 1.54) is 26.1 Å². The van der Waals surface area contributed by atoms with Crippen LogP contribution in [0.4, 0.5) is 5.69 Å². The van der Waals surface area contributed by atoms with Crippen LogP contribution in [0.5, 0.6) is 0 Å². The molecular weight excluding hydrogens is 467 g/mol. The molecule has 0 radical (unpaired) electrons. The van der Waals surface area contributed by atoms with Gasteiger partial charge in [0, 0.05) is 32.4 Å². The molecule has 4 nitrogen and oxygen atoms in total. The van der Waals surface area contributed by atoms with Gasteiger partial charge in [-0.1, -0.05) is 23.8 Å². The lowest BCUT2D eigenvalue weighted by Gasteiger charge is -2.28. The molecular formula is C21H21IN4S. The average Bonchev–Trinajstić information content (AvgIpc) is 3.12. The number of rotatable bonds is 3. The maximum Gasteiger partial charge on any atom is 0.174 e. The van der Waals surface area contributed by atoms with Gasteiger partial charge in [-0.15, -0.1) is 0 Å². The van der Waals surface area contributed by atoms with E-state index in [9.17, 15) is 0 Å². The molecule has 0 bridgehead atoms. The summed E-state index contributed by atoms with van der Waals surface area (Å²) in [5, 5.41) is 4.25. The van der Waals surface area contributed by atoms with Crippen molar-refractivity contribution in [3.8, 4) is 0 Å². The maximum absolute atomic E-state index is 5.78. The van der Waals surface area contributed by atoms with Crippen LogP contribution < -0.4 is 10.2 Å². The summed E-state index contributed by atoms with van der Waals surface area (Å²) in [6, 6.07) is 14.6. The van der Waals surface area contributed by atoms with Gasteiger partial charge < -0.3 is 15.2 Å². The van der Waals surface area contributed by atoms with Gasteiger partial charge in [-0.05, 0) is 79.8 Å². The molecule has 138 valence electrons. The van der Waals surface area contributed by atoms with E-state index in [2.05, 4.69) is 93.9 Å². The van der Waals surface area contributed by atoms with Crippen LogP contribution in [-0.4, -0.2) is 15.1 Å². The molecule has 4 rings (SSSR count). The molecule has 6 heteroatoms. The monoisotopic (exact) mass is 488 g/mol. The minimum atomic E-state index is -0.0116. The predicted octanol–water partition coefficient (Wildman–Crippen LogP) is 5.12. The second kappa shape index (κ2) is 7.24. The molecule has 1 aliphatic heterocycles. The SMILES string of the molecule is Cc1ccc(N2C(=S)N[C@@H](c3ccccn3)[C@H]2c2c(C)[nH]c(C)c2I)cc1. The summed E-state index contributed by atoms with van der Waals surface area (Å²) in [5.41, 5.74) is 6.95. The molecule has 27 heavy (non-hydrogen) atoms. The number of aromatic amines is 1. The molecule has 0 aliphatic carbocycles. The first kappa shape index (κ1) is 18.4. The van der Waals surface area contributed by atoms with Crippen LogP contribution in [-0.2, 0) is 0 Å². The molecule has 2 N–H and O–H groups in total. The minimum absolute atomic E-state index is 0.0116. The van der Waals surface area contributed by atoms with Crippen molar-refractivity contribution < 1.29 is 0 Å². The van der Waals surface area contributed by atoms with Gasteiger partial charge in [0.15, 0.2) is 5.11 Å². The number of H-pyrrole nitrogens is 1. The van der Waals surface area contributed by atoms with E-state index in [-0.39, 0.29) is 12.1 Å². The van der Waals surface area contributed by atoms with Gasteiger partial charge in [-0.2, -0.15) is 0 Å². The summed E-state index contributed by atoms with van der Waals surface area (Å²) < 4.78 is 1.25. The fourth-order valence-electron chi connectivity index (χ4n) is 3.75. The van der Waals surface area contributed by atoms with Crippen molar-refractivity contribution in [3.05, 3.63) is 80.4 Å². The highest BCUT2D eigenvalue weighted by Crippen LogP contribution is 2.44. The number of thiocarbonyl (C=S) groups is 1. The lowest BCUT2D eigenvalue weighted by molar-refractivity contribution is 0.564. The normalized spacial score (nSPS) is 19.4. The number of aryl methyl sites for hydroxylation is 3. The van der Waals surface area contributed by atoms with E-state index in [1.54, 1.807) is 0 Å². The van der Waals surface area contributed by atoms with Crippen LogP contribution in [0.2, 0.25) is 0 Å². The van der Waals surface area contributed by atoms with Gasteiger partial charge in [0.05, 0.1) is 17.8 Å². The zero-order chi connectivity index (χ0) is 19.1. The third-order valence-corrected chi connectivity index (χ3v) is 6.76. The van der Waals surface area contributed by atoms with Crippen molar-refractivity contribution in [3.63, 3.8) is 0 Å². The first-order valence-corrected chi connectivity index (χ1v) is 10.4. The smallest absolute Gasteiger partial charge is 0.174 e. The van der Waals surface area contributed by atoms with Crippen molar-refractivity contribution in [2.75, 3.05) is 4.90 Å². The Labute approximate surface area is 178 Å². The second-order valence-corrected chi connectivity index (χ2v) is 8.40. The largest absolute Gasteiger partial charge is 0.362 e. The molecule has 2 aromatic heterocycles. The number of nitrogens with one attached hydrogen (secondary N) is 2. The van der Waals surface area contributed by atoms with Crippen LogP contribution in [0.3, 0.4) is 0 Å². The maximum atomic E-state index is 5.78. The lowest BCUT2D eigenvalue weighted by Crippen LogP contribution is -2.29. The number of aromatic nitrogens is 2. The zero-order valence-electron chi connectivity index (χ0n) is 15.5. The molecule has 0 unspecified atom stereocenters. The van der Waals surface area contributed by atoms with E-state index in [1.807, 2.05) is 18.3 Å². The van der Waals surface area contributed by atoms with Crippen molar-refractivity contribution in [2.45, 2.75) is 32.9 Å². The predicted molar refractivity (Wildman–Crippen MR) is 122 cm³/mol. The molecule has 1 aliphatic rings. The van der Waals surface area contributed by atoms with Crippen LogP contribution in [0, 0.1) is 24.3 Å². The summed E-state index contributed by atoms with van der Waals surface area (Å²) in [7, 11) is 0. The molecule has 1 saturated heterocycles. The van der Waals surface area contributed by atoms with E-state index < -0.39 is 0 Å². The first-order chi connectivity index (χ1) is 13.0. The summed E-state index contributed by atoms with van der Waals surface area (Å²) in [4.78, 5) is 10.3. The minimum Gasteiger partial charge on any atom is -0.362 e. The van der Waals surface area contributed by atoms with Gasteiger partial charge in [-0.3, -0.25) is 4.98 Å². The van der Waals surface area contributed by atoms with Gasteiger partial charge >= 0.3 is 0 Å². The molecule has 0 amide bonds. The van der Waals surface area contributed by atoms with Crippen LogP contribution in [0.25, 0.3) is 0 Å². The Morgan fingerprint density at radius 2 is 1.78 bits per heavy atom. The standard InChI is InChI=1S/C21H21IN4S/c1-12-7-9-15(10-8-12)26-20(17-13(2)24-14(3)18(17)22)19(25-21(26)27)16-6-4-5-11-23-16/h4-11,19-20,24H,1-3H3,(H,25,27)/t19-,20+/m0/s1. The Morgan fingerprint density at radius 3 is 2.37 bits per heavy atom. The highest BCUT2D eigenvalue weighted by Gasteiger charge is 2.42. The Bertz CT molecular complexity index is 981. The van der Waals surface area contributed by atoms with E-state index >= 15 is 0 Å². The zero-order valence-corrected chi connectivity index (χ0v) is 18.4. The molecule has 3 heterocycles. The Balaban J connectivity index is 1.89. The number of anilines is 1. The molecule has 2 atom stereocenters. The second-order valence-electron chi connectivity index (χ2n) is 6.93. The molecule has 3 aromatic rings. The third kappa shape index (κ3) is 3.25. The summed E-state index contributed by atoms with van der Waals surface area (Å²) >= 11 is 8.21. The number of halogens is 1. The Kier molecular flexibility index (Phi) is 4.94. The molecule has 1 fully saturated rings. The number of hydrogen-bond donors (Lipinski definition) is 2. The van der Waals surface area contributed by atoms with Crippen molar-refractivity contribution in [1.82, 2.24) is 15.3 Å². The summed E-state index contributed by atoms with van der Waals surface area (Å²) in [5.74, 6) is 0. The first-order valence-electron chi connectivity index (χ1n) is 8.89. The van der Waals surface area contributed by atoms with E-state index in [0.717, 1.165) is 16.5 Å². The van der Waals surface area contributed by atoms with Crippen molar-refractivity contribution >= 4 is 45.6 Å². The fraction of sp³-hybridized carbons (Fsp3) is 0.238. The number of pyridine rings is 1. The lowest BCUT2D eigenvalue weighted by atomic mass is 9.96. The van der Waals surface area contributed by atoms with Gasteiger partial charge in [0.1, 0.15) is 0 Å². The average molecular weight is 488 g/mol. The quantitative estimate of drug-likeness (QED) is 0.397. The topological polar surface area (TPSA) is 44.0 Å². The summed E-state index contributed by atoms with van der Waals surface area (Å²) in [6.07, 6.45) is 1.84. The van der Waals surface area contributed by atoms with E-state index in [4.69, 9.17) is 12.2 Å². The van der Waals surface area contributed by atoms with Crippen molar-refractivity contribution in [2.24, 2.45) is 0 Å². The molecule has 0 saturated carbocycles. The van der Waals surface area contributed by atoms with Crippen LogP contribution in [0.1, 0.15) is 40.3 Å². The van der Waals surface area contributed by atoms with Gasteiger partial charge in [0.25, 0.3) is 0 Å². The van der Waals surface area contributed by atoms with Crippen molar-refractivity contribution in [1.29, 1.82) is 0 Å². The third-order valence-electron chi connectivity index (χ3n) is 5.05. The van der Waals surface area contributed by atoms with Crippen LogP contribution in [0.15, 0.2) is 48.7 Å². The van der Waals surface area contributed by atoms with Gasteiger partial charge in [-0.25, -0.2) is 0 Å². The highest BCUT2D eigenvalue weighted by atomic mass is 127. The molecule has 0 spiro atoms. The van der Waals surface area contributed by atoms with E-state index in [0.29, 0.717) is 0 Å². The fourth-order valence-corrected chi connectivity index (χ4v) is 4.96. The summed E-state index contributed by atoms with van der Waals surface area (Å²) in [6.45, 7) is 6.35. The Hall–Kier alpha value is -1.93. The number of hydrogen-bond acceptors (Lipinski definition) is 2. The number of benzene rings is 1. The molecule has 1 aromatic carbocycles. The number of nitrogens with zero attached hydrogens (tertiary/aromatic N) is 2.